The molecule has 1 N–H and O–H groups in total. The molecule has 1 aliphatic heterocycles. The molecule has 116 valence electrons. The number of hydrogen-bond acceptors (Lipinski definition) is 3. The topological polar surface area (TPSA) is 66.5 Å². The molecule has 21 heavy (non-hydrogen) atoms. The van der Waals surface area contributed by atoms with Crippen molar-refractivity contribution >= 4 is 15.9 Å². The summed E-state index contributed by atoms with van der Waals surface area (Å²) in [5.74, 6) is 0.107. The monoisotopic (exact) mass is 310 g/mol. The number of aryl methyl sites for hydroxylation is 1. The molecule has 1 aromatic rings. The minimum absolute atomic E-state index is 0.0152. The van der Waals surface area contributed by atoms with Gasteiger partial charge in [0.25, 0.3) is 0 Å². The van der Waals surface area contributed by atoms with Gasteiger partial charge < -0.3 is 5.32 Å². The Morgan fingerprint density at radius 1 is 1.38 bits per heavy atom. The molecule has 0 radical (unpaired) electrons. The van der Waals surface area contributed by atoms with Crippen LogP contribution in [0.25, 0.3) is 0 Å². The van der Waals surface area contributed by atoms with E-state index in [1.165, 1.54) is 10.6 Å². The van der Waals surface area contributed by atoms with E-state index in [2.05, 4.69) is 5.32 Å². The Morgan fingerprint density at radius 2 is 2.10 bits per heavy atom. The average molecular weight is 310 g/mol. The van der Waals surface area contributed by atoms with Gasteiger partial charge in [0, 0.05) is 26.1 Å². The second-order valence-corrected chi connectivity index (χ2v) is 7.67. The Hall–Kier alpha value is -1.40. The normalized spacial score (nSPS) is 19.6. The molecular formula is C15H22N2O3S. The van der Waals surface area contributed by atoms with E-state index in [0.717, 1.165) is 17.5 Å². The first kappa shape index (κ1) is 16.0. The van der Waals surface area contributed by atoms with Crippen LogP contribution in [-0.4, -0.2) is 38.0 Å². The molecule has 2 rings (SSSR count). The first-order valence-electron chi connectivity index (χ1n) is 7.12. The van der Waals surface area contributed by atoms with Crippen LogP contribution < -0.4 is 5.32 Å². The zero-order chi connectivity index (χ0) is 15.5. The van der Waals surface area contributed by atoms with Crippen LogP contribution >= 0.6 is 0 Å². The van der Waals surface area contributed by atoms with Gasteiger partial charge in [-0.25, -0.2) is 12.7 Å². The number of carbonyl (C=O) groups excluding carboxylic acids is 1. The SMILES string of the molecule is Cc1ccccc1CNC(=O)CC1CCN(S(C)(=O)=O)C1. The van der Waals surface area contributed by atoms with Crippen molar-refractivity contribution < 1.29 is 13.2 Å². The minimum atomic E-state index is -3.13. The summed E-state index contributed by atoms with van der Waals surface area (Å²) in [4.78, 5) is 12.0. The van der Waals surface area contributed by atoms with E-state index in [1.807, 2.05) is 31.2 Å². The van der Waals surface area contributed by atoms with Gasteiger partial charge in [0.05, 0.1) is 6.26 Å². The number of hydrogen-bond donors (Lipinski definition) is 1. The Bertz CT molecular complexity index is 613. The highest BCUT2D eigenvalue weighted by Gasteiger charge is 2.29. The summed E-state index contributed by atoms with van der Waals surface area (Å²) in [6.45, 7) is 3.52. The van der Waals surface area contributed by atoms with Crippen molar-refractivity contribution in [1.82, 2.24) is 9.62 Å². The summed E-state index contributed by atoms with van der Waals surface area (Å²) < 4.78 is 24.3. The molecule has 6 heteroatoms. The third-order valence-corrected chi connectivity index (χ3v) is 5.20. The van der Waals surface area contributed by atoms with E-state index in [-0.39, 0.29) is 11.8 Å². The molecule has 1 heterocycles. The summed E-state index contributed by atoms with van der Waals surface area (Å²) in [5.41, 5.74) is 2.26. The van der Waals surface area contributed by atoms with E-state index in [9.17, 15) is 13.2 Å². The van der Waals surface area contributed by atoms with Crippen molar-refractivity contribution in [2.24, 2.45) is 5.92 Å². The first-order chi connectivity index (χ1) is 9.86. The molecular weight excluding hydrogens is 288 g/mol. The van der Waals surface area contributed by atoms with Gasteiger partial charge in [-0.1, -0.05) is 24.3 Å². The lowest BCUT2D eigenvalue weighted by Gasteiger charge is -2.13. The van der Waals surface area contributed by atoms with Gasteiger partial charge in [-0.05, 0) is 30.4 Å². The molecule has 1 atom stereocenters. The molecule has 1 aromatic carbocycles. The smallest absolute Gasteiger partial charge is 0.220 e. The van der Waals surface area contributed by atoms with Crippen molar-refractivity contribution in [3.8, 4) is 0 Å². The molecule has 5 nitrogen and oxygen atoms in total. The van der Waals surface area contributed by atoms with Crippen molar-refractivity contribution in [3.63, 3.8) is 0 Å². The Morgan fingerprint density at radius 3 is 2.71 bits per heavy atom. The Labute approximate surface area is 126 Å². The second kappa shape index (κ2) is 6.58. The van der Waals surface area contributed by atoms with E-state index < -0.39 is 10.0 Å². The highest BCUT2D eigenvalue weighted by molar-refractivity contribution is 7.88. The molecule has 0 bridgehead atoms. The van der Waals surface area contributed by atoms with E-state index in [1.54, 1.807) is 0 Å². The average Bonchev–Trinajstić information content (AvgIpc) is 2.86. The van der Waals surface area contributed by atoms with Crippen LogP contribution in [-0.2, 0) is 21.4 Å². The Kier molecular flexibility index (Phi) is 5.00. The summed E-state index contributed by atoms with van der Waals surface area (Å²) in [7, 11) is -3.13. The first-order valence-corrected chi connectivity index (χ1v) is 8.97. The standard InChI is InChI=1S/C15H22N2O3S/c1-12-5-3-4-6-14(12)10-16-15(18)9-13-7-8-17(11-13)21(2,19)20/h3-6,13H,7-11H2,1-2H3,(H,16,18). The minimum Gasteiger partial charge on any atom is -0.352 e. The highest BCUT2D eigenvalue weighted by atomic mass is 32.2. The second-order valence-electron chi connectivity index (χ2n) is 5.68. The van der Waals surface area contributed by atoms with E-state index in [4.69, 9.17) is 0 Å². The fourth-order valence-electron chi connectivity index (χ4n) is 2.60. The predicted octanol–water partition coefficient (Wildman–Crippen LogP) is 1.28. The molecule has 1 amide bonds. The lowest BCUT2D eigenvalue weighted by Crippen LogP contribution is -2.29. The summed E-state index contributed by atoms with van der Waals surface area (Å²) in [6.07, 6.45) is 2.36. The fraction of sp³-hybridized carbons (Fsp3) is 0.533. The largest absolute Gasteiger partial charge is 0.352 e. The molecule has 0 aromatic heterocycles. The van der Waals surface area contributed by atoms with Crippen LogP contribution in [0.5, 0.6) is 0 Å². The quantitative estimate of drug-likeness (QED) is 0.891. The molecule has 0 spiro atoms. The maximum atomic E-state index is 12.0. The molecule has 0 saturated carbocycles. The zero-order valence-corrected chi connectivity index (χ0v) is 13.3. The van der Waals surface area contributed by atoms with Crippen molar-refractivity contribution in [2.75, 3.05) is 19.3 Å². The molecule has 1 saturated heterocycles. The third kappa shape index (κ3) is 4.54. The third-order valence-electron chi connectivity index (χ3n) is 3.93. The summed E-state index contributed by atoms with van der Waals surface area (Å²) in [6, 6.07) is 7.94. The maximum absolute atomic E-state index is 12.0. The number of nitrogens with one attached hydrogen (secondary N) is 1. The summed E-state index contributed by atoms with van der Waals surface area (Å²) >= 11 is 0. The number of benzene rings is 1. The lowest BCUT2D eigenvalue weighted by atomic mass is 10.0. The van der Waals surface area contributed by atoms with Gasteiger partial charge in [-0.15, -0.1) is 0 Å². The van der Waals surface area contributed by atoms with Gasteiger partial charge in [-0.3, -0.25) is 4.79 Å². The van der Waals surface area contributed by atoms with Gasteiger partial charge in [-0.2, -0.15) is 0 Å². The van der Waals surface area contributed by atoms with Crippen LogP contribution in [0.3, 0.4) is 0 Å². The van der Waals surface area contributed by atoms with Crippen LogP contribution in [0.2, 0.25) is 0 Å². The highest BCUT2D eigenvalue weighted by Crippen LogP contribution is 2.21. The van der Waals surface area contributed by atoms with Crippen molar-refractivity contribution in [3.05, 3.63) is 35.4 Å². The van der Waals surface area contributed by atoms with Crippen LogP contribution in [0.15, 0.2) is 24.3 Å². The van der Waals surface area contributed by atoms with E-state index >= 15 is 0 Å². The number of rotatable bonds is 5. The molecule has 1 aliphatic rings. The molecule has 1 unspecified atom stereocenters. The van der Waals surface area contributed by atoms with Gasteiger partial charge in [0.1, 0.15) is 0 Å². The van der Waals surface area contributed by atoms with Crippen LogP contribution in [0.4, 0.5) is 0 Å². The number of amides is 1. The molecule has 1 fully saturated rings. The van der Waals surface area contributed by atoms with Crippen molar-refractivity contribution in [2.45, 2.75) is 26.3 Å². The van der Waals surface area contributed by atoms with Gasteiger partial charge in [0.15, 0.2) is 0 Å². The zero-order valence-electron chi connectivity index (χ0n) is 12.5. The predicted molar refractivity (Wildman–Crippen MR) is 82.2 cm³/mol. The number of nitrogens with zero attached hydrogens (tertiary/aromatic N) is 1. The van der Waals surface area contributed by atoms with Gasteiger partial charge in [0.2, 0.25) is 15.9 Å². The van der Waals surface area contributed by atoms with Crippen LogP contribution in [0.1, 0.15) is 24.0 Å². The fourth-order valence-corrected chi connectivity index (χ4v) is 3.52. The molecule has 0 aliphatic carbocycles. The number of carbonyl (C=O) groups is 1. The summed E-state index contributed by atoms with van der Waals surface area (Å²) in [5, 5.41) is 2.91. The Balaban J connectivity index is 1.80. The number of sulfonamides is 1. The van der Waals surface area contributed by atoms with Crippen molar-refractivity contribution in [1.29, 1.82) is 0 Å². The van der Waals surface area contributed by atoms with E-state index in [0.29, 0.717) is 26.1 Å². The lowest BCUT2D eigenvalue weighted by molar-refractivity contribution is -0.122. The van der Waals surface area contributed by atoms with Crippen LogP contribution in [0, 0.1) is 12.8 Å². The maximum Gasteiger partial charge on any atom is 0.220 e. The van der Waals surface area contributed by atoms with Gasteiger partial charge >= 0.3 is 0 Å².